The minimum Gasteiger partial charge on any atom is -0.497 e. The highest BCUT2D eigenvalue weighted by Gasteiger charge is 2.40. The molecule has 0 aromatic heterocycles. The summed E-state index contributed by atoms with van der Waals surface area (Å²) in [6.07, 6.45) is 2.91. The van der Waals surface area contributed by atoms with Gasteiger partial charge in [0.25, 0.3) is 0 Å². The molecule has 2 fully saturated rings. The molecule has 8 heteroatoms. The van der Waals surface area contributed by atoms with Gasteiger partial charge in [0.05, 0.1) is 12.0 Å². The van der Waals surface area contributed by atoms with E-state index in [2.05, 4.69) is 10.2 Å². The van der Waals surface area contributed by atoms with Crippen LogP contribution in [0.25, 0.3) is 0 Å². The van der Waals surface area contributed by atoms with Gasteiger partial charge >= 0.3 is 0 Å². The molecule has 2 aromatic rings. The Morgan fingerprint density at radius 3 is 2.25 bits per heavy atom. The van der Waals surface area contributed by atoms with E-state index in [4.69, 9.17) is 4.74 Å². The Labute approximate surface area is 190 Å². The number of hydrogen-bond acceptors (Lipinski definition) is 5. The maximum atomic E-state index is 13.1. The fourth-order valence-electron chi connectivity index (χ4n) is 4.51. The highest BCUT2D eigenvalue weighted by Crippen LogP contribution is 2.27. The predicted octanol–water partition coefficient (Wildman–Crippen LogP) is 2.94. The predicted molar refractivity (Wildman–Crippen MR) is 124 cm³/mol. The van der Waals surface area contributed by atoms with Crippen LogP contribution in [-0.2, 0) is 14.8 Å². The first-order valence-corrected chi connectivity index (χ1v) is 12.6. The van der Waals surface area contributed by atoms with Crippen LogP contribution in [0, 0.1) is 6.92 Å². The van der Waals surface area contributed by atoms with Crippen LogP contribution in [0.4, 0.5) is 5.69 Å². The first-order valence-electron chi connectivity index (χ1n) is 11.2. The van der Waals surface area contributed by atoms with Crippen molar-refractivity contribution in [2.75, 3.05) is 31.6 Å². The number of piperidine rings is 1. The summed E-state index contributed by atoms with van der Waals surface area (Å²) in [6.45, 7) is 3.98. The first kappa shape index (κ1) is 22.6. The van der Waals surface area contributed by atoms with Gasteiger partial charge in [0.2, 0.25) is 15.9 Å². The summed E-state index contributed by atoms with van der Waals surface area (Å²) in [5.74, 6) is 0.652. The Morgan fingerprint density at radius 2 is 1.62 bits per heavy atom. The van der Waals surface area contributed by atoms with Crippen molar-refractivity contribution in [3.05, 3.63) is 54.1 Å². The van der Waals surface area contributed by atoms with Crippen LogP contribution < -0.4 is 15.0 Å². The molecular formula is C24H31N3O4S. The molecular weight excluding hydrogens is 426 g/mol. The first-order chi connectivity index (χ1) is 15.4. The zero-order valence-electron chi connectivity index (χ0n) is 18.7. The van der Waals surface area contributed by atoms with E-state index in [0.29, 0.717) is 19.4 Å². The van der Waals surface area contributed by atoms with Gasteiger partial charge in [0.1, 0.15) is 11.8 Å². The van der Waals surface area contributed by atoms with Gasteiger partial charge in [-0.2, -0.15) is 4.31 Å². The third-order valence-corrected chi connectivity index (χ3v) is 8.34. The number of rotatable bonds is 6. The quantitative estimate of drug-likeness (QED) is 0.722. The number of amides is 1. The number of anilines is 1. The number of sulfonamides is 1. The lowest BCUT2D eigenvalue weighted by molar-refractivity contribution is -0.125. The molecule has 0 spiro atoms. The molecule has 4 rings (SSSR count). The molecule has 2 saturated heterocycles. The van der Waals surface area contributed by atoms with Crippen molar-refractivity contribution < 1.29 is 17.9 Å². The summed E-state index contributed by atoms with van der Waals surface area (Å²) >= 11 is 0. The zero-order valence-corrected chi connectivity index (χ0v) is 19.5. The second-order valence-corrected chi connectivity index (χ2v) is 10.4. The molecule has 0 radical (unpaired) electrons. The van der Waals surface area contributed by atoms with E-state index in [-0.39, 0.29) is 16.8 Å². The number of ether oxygens (including phenoxy) is 1. The molecule has 1 atom stereocenters. The fourth-order valence-corrected chi connectivity index (χ4v) is 6.16. The van der Waals surface area contributed by atoms with E-state index in [1.54, 1.807) is 31.4 Å². The second-order valence-electron chi connectivity index (χ2n) is 8.55. The number of aryl methyl sites for hydroxylation is 1. The maximum absolute atomic E-state index is 13.1. The Balaban J connectivity index is 1.35. The Kier molecular flexibility index (Phi) is 6.71. The largest absolute Gasteiger partial charge is 0.497 e. The average Bonchev–Trinajstić information content (AvgIpc) is 3.31. The van der Waals surface area contributed by atoms with E-state index >= 15 is 0 Å². The number of benzene rings is 2. The molecule has 0 saturated carbocycles. The third-order valence-electron chi connectivity index (χ3n) is 6.41. The fraction of sp³-hybridized carbons (Fsp3) is 0.458. The Morgan fingerprint density at radius 1 is 0.969 bits per heavy atom. The molecule has 0 aliphatic carbocycles. The Bertz CT molecular complexity index is 1030. The van der Waals surface area contributed by atoms with Gasteiger partial charge in [-0.3, -0.25) is 4.79 Å². The van der Waals surface area contributed by atoms with E-state index < -0.39 is 16.1 Å². The summed E-state index contributed by atoms with van der Waals surface area (Å²) < 4.78 is 32.9. The average molecular weight is 458 g/mol. The van der Waals surface area contributed by atoms with E-state index in [0.717, 1.165) is 42.9 Å². The molecule has 172 valence electrons. The highest BCUT2D eigenvalue weighted by molar-refractivity contribution is 7.89. The van der Waals surface area contributed by atoms with Gasteiger partial charge in [-0.1, -0.05) is 17.7 Å². The summed E-state index contributed by atoms with van der Waals surface area (Å²) in [5.41, 5.74) is 2.14. The second kappa shape index (κ2) is 9.50. The maximum Gasteiger partial charge on any atom is 0.243 e. The lowest BCUT2D eigenvalue weighted by Crippen LogP contribution is -2.51. The van der Waals surface area contributed by atoms with Crippen LogP contribution in [0.15, 0.2) is 53.4 Å². The third kappa shape index (κ3) is 4.76. The van der Waals surface area contributed by atoms with Gasteiger partial charge < -0.3 is 15.0 Å². The molecule has 1 amide bonds. The Hall–Kier alpha value is -2.58. The summed E-state index contributed by atoms with van der Waals surface area (Å²) in [6, 6.07) is 14.2. The highest BCUT2D eigenvalue weighted by atomic mass is 32.2. The van der Waals surface area contributed by atoms with Crippen LogP contribution in [0.1, 0.15) is 31.2 Å². The molecule has 32 heavy (non-hydrogen) atoms. The number of carbonyl (C=O) groups is 1. The molecule has 2 aliphatic rings. The zero-order chi connectivity index (χ0) is 22.7. The molecule has 0 bridgehead atoms. The molecule has 2 aliphatic heterocycles. The van der Waals surface area contributed by atoms with Gasteiger partial charge in [-0.15, -0.1) is 0 Å². The van der Waals surface area contributed by atoms with Crippen molar-refractivity contribution in [1.82, 2.24) is 9.62 Å². The van der Waals surface area contributed by atoms with Crippen LogP contribution in [0.5, 0.6) is 5.75 Å². The number of carbonyl (C=O) groups excluding carboxylic acids is 1. The molecule has 2 heterocycles. The number of nitrogens with one attached hydrogen (secondary N) is 1. The SMILES string of the molecule is COc1ccc(N2CCC(NC(=O)[C@@H]3CCCN3S(=O)(=O)c3ccc(C)cc3)CC2)cc1. The summed E-state index contributed by atoms with van der Waals surface area (Å²) in [5, 5.41) is 3.12. The lowest BCUT2D eigenvalue weighted by Gasteiger charge is -2.35. The van der Waals surface area contributed by atoms with Crippen LogP contribution in [-0.4, -0.2) is 57.5 Å². The van der Waals surface area contributed by atoms with Gasteiger partial charge in [0.15, 0.2) is 0 Å². The molecule has 0 unspecified atom stereocenters. The van der Waals surface area contributed by atoms with Crippen molar-refractivity contribution in [1.29, 1.82) is 0 Å². The number of hydrogen-bond donors (Lipinski definition) is 1. The van der Waals surface area contributed by atoms with E-state index in [1.165, 1.54) is 4.31 Å². The minimum atomic E-state index is -3.69. The topological polar surface area (TPSA) is 79.0 Å². The van der Waals surface area contributed by atoms with Crippen LogP contribution in [0.3, 0.4) is 0 Å². The van der Waals surface area contributed by atoms with Gasteiger partial charge in [0, 0.05) is 31.4 Å². The normalized spacial score (nSPS) is 20.3. The molecule has 2 aromatic carbocycles. The number of methoxy groups -OCH3 is 1. The van der Waals surface area contributed by atoms with Crippen LogP contribution in [0.2, 0.25) is 0 Å². The lowest BCUT2D eigenvalue weighted by atomic mass is 10.0. The van der Waals surface area contributed by atoms with Gasteiger partial charge in [-0.25, -0.2) is 8.42 Å². The van der Waals surface area contributed by atoms with Crippen LogP contribution >= 0.6 is 0 Å². The number of nitrogens with zero attached hydrogens (tertiary/aromatic N) is 2. The van der Waals surface area contributed by atoms with Crippen molar-refractivity contribution in [3.8, 4) is 5.75 Å². The smallest absolute Gasteiger partial charge is 0.243 e. The summed E-state index contributed by atoms with van der Waals surface area (Å²) in [7, 11) is -2.03. The van der Waals surface area contributed by atoms with Gasteiger partial charge in [-0.05, 0) is 69.0 Å². The van der Waals surface area contributed by atoms with E-state index in [9.17, 15) is 13.2 Å². The minimum absolute atomic E-state index is 0.0570. The van der Waals surface area contributed by atoms with Crippen molar-refractivity contribution in [2.45, 2.75) is 49.6 Å². The van der Waals surface area contributed by atoms with Crippen molar-refractivity contribution in [3.63, 3.8) is 0 Å². The standard InChI is InChI=1S/C24H31N3O4S/c1-18-5-11-22(12-6-18)32(29,30)27-15-3-4-23(27)24(28)25-19-13-16-26(17-14-19)20-7-9-21(31-2)10-8-20/h5-12,19,23H,3-4,13-17H2,1-2H3,(H,25,28)/t23-/m0/s1. The monoisotopic (exact) mass is 457 g/mol. The molecule has 1 N–H and O–H groups in total. The summed E-state index contributed by atoms with van der Waals surface area (Å²) in [4.78, 5) is 15.6. The van der Waals surface area contributed by atoms with Crippen molar-refractivity contribution in [2.24, 2.45) is 0 Å². The van der Waals surface area contributed by atoms with E-state index in [1.807, 2.05) is 31.2 Å². The van der Waals surface area contributed by atoms with Crippen molar-refractivity contribution >= 4 is 21.6 Å². The molecule has 7 nitrogen and oxygen atoms in total.